The van der Waals surface area contributed by atoms with E-state index in [0.29, 0.717) is 27.7 Å². The first kappa shape index (κ1) is 20.3. The summed E-state index contributed by atoms with van der Waals surface area (Å²) in [5, 5.41) is 22.2. The van der Waals surface area contributed by atoms with Crippen molar-refractivity contribution in [3.63, 3.8) is 0 Å². The minimum atomic E-state index is -1.21. The largest absolute Gasteiger partial charge is 0.505 e. The molecule has 1 heterocycles. The highest BCUT2D eigenvalue weighted by Crippen LogP contribution is 2.33. The molecule has 7 nitrogen and oxygen atoms in total. The Balaban J connectivity index is 1.99. The average molecular weight is 382 g/mol. The van der Waals surface area contributed by atoms with Gasteiger partial charge in [-0.3, -0.25) is 9.59 Å². The third kappa shape index (κ3) is 4.21. The molecule has 0 saturated heterocycles. The van der Waals surface area contributed by atoms with E-state index in [1.165, 1.54) is 12.1 Å². The lowest BCUT2D eigenvalue weighted by Crippen LogP contribution is -2.30. The number of aryl methyl sites for hydroxylation is 1. The summed E-state index contributed by atoms with van der Waals surface area (Å²) in [4.78, 5) is 26.8. The lowest BCUT2D eigenvalue weighted by molar-refractivity contribution is -0.135. The number of rotatable bonds is 5. The van der Waals surface area contributed by atoms with Crippen LogP contribution in [0.5, 0.6) is 17.2 Å². The summed E-state index contributed by atoms with van der Waals surface area (Å²) >= 11 is 0. The van der Waals surface area contributed by atoms with Gasteiger partial charge in [0.25, 0.3) is 5.91 Å². The maximum atomic E-state index is 12.1. The van der Waals surface area contributed by atoms with Gasteiger partial charge in [-0.1, -0.05) is 28.5 Å². The molecule has 2 aromatic carbocycles. The molecule has 0 aliphatic carbocycles. The van der Waals surface area contributed by atoms with E-state index in [0.717, 1.165) is 0 Å². The zero-order valence-electron chi connectivity index (χ0n) is 15.4. The predicted molar refractivity (Wildman–Crippen MR) is 111 cm³/mol. The molecule has 1 aromatic heterocycles. The van der Waals surface area contributed by atoms with E-state index in [1.54, 1.807) is 25.1 Å². The lowest BCUT2D eigenvalue weighted by atomic mass is 9.79. The van der Waals surface area contributed by atoms with Gasteiger partial charge in [0, 0.05) is 16.5 Å². The number of nitrogens with one attached hydrogen (secondary N) is 1. The van der Waals surface area contributed by atoms with Crippen LogP contribution in [0.2, 0.25) is 0 Å². The molecule has 29 heavy (non-hydrogen) atoms. The van der Waals surface area contributed by atoms with Crippen LogP contribution in [-0.2, 0) is 4.79 Å². The Labute approximate surface area is 170 Å². The second-order valence-electron chi connectivity index (χ2n) is 6.31. The summed E-state index contributed by atoms with van der Waals surface area (Å²) in [6.45, 7) is 1.06. The molecule has 0 bridgehead atoms. The number of carboxylic acids is 1. The zero-order chi connectivity index (χ0) is 21.3. The number of nitrogens with zero attached hydrogens (tertiary/aromatic N) is 1. The molecule has 6 radical (unpaired) electrons. The normalized spacial score (nSPS) is 10.7. The minimum Gasteiger partial charge on any atom is -0.505 e. The second kappa shape index (κ2) is 7.91. The number of hydrogen-bond acceptors (Lipinski definition) is 5. The Morgan fingerprint density at radius 1 is 1.10 bits per heavy atom. The van der Waals surface area contributed by atoms with Crippen LogP contribution in [0.25, 0.3) is 10.8 Å². The first-order valence-electron chi connectivity index (χ1n) is 8.43. The average Bonchev–Trinajstić information content (AvgIpc) is 2.65. The Hall–Kier alpha value is -3.42. The van der Waals surface area contributed by atoms with Crippen molar-refractivity contribution in [3.8, 4) is 17.2 Å². The summed E-state index contributed by atoms with van der Waals surface area (Å²) in [7, 11) is 17.5. The van der Waals surface area contributed by atoms with Crippen LogP contribution in [0.4, 0.5) is 0 Å². The molecule has 0 atom stereocenters. The van der Waals surface area contributed by atoms with Crippen molar-refractivity contribution in [3.05, 3.63) is 41.7 Å². The highest BCUT2D eigenvalue weighted by atomic mass is 16.5. The van der Waals surface area contributed by atoms with E-state index in [-0.39, 0.29) is 28.1 Å². The van der Waals surface area contributed by atoms with E-state index in [9.17, 15) is 14.7 Å². The quantitative estimate of drug-likeness (QED) is 0.501. The topological polar surface area (TPSA) is 109 Å². The Bertz CT molecular complexity index is 1130. The summed E-state index contributed by atoms with van der Waals surface area (Å²) in [6.07, 6.45) is 0. The second-order valence-corrected chi connectivity index (χ2v) is 6.31. The van der Waals surface area contributed by atoms with Crippen molar-refractivity contribution in [2.24, 2.45) is 0 Å². The minimum absolute atomic E-state index is 0.248. The number of aromatic hydroxyl groups is 1. The van der Waals surface area contributed by atoms with Crippen LogP contribution >= 0.6 is 0 Å². The van der Waals surface area contributed by atoms with E-state index in [4.69, 9.17) is 33.4 Å². The van der Waals surface area contributed by atoms with E-state index < -0.39 is 18.4 Å². The van der Waals surface area contributed by atoms with Crippen LogP contribution in [-0.4, -0.2) is 57.2 Å². The van der Waals surface area contributed by atoms with Gasteiger partial charge in [0.15, 0.2) is 11.4 Å². The fourth-order valence-corrected chi connectivity index (χ4v) is 2.83. The molecule has 0 unspecified atom stereocenters. The van der Waals surface area contributed by atoms with Crippen molar-refractivity contribution in [1.82, 2.24) is 10.3 Å². The number of carbonyl (C=O) groups excluding carboxylic acids is 1. The van der Waals surface area contributed by atoms with Crippen LogP contribution in [0, 0.1) is 6.92 Å². The van der Waals surface area contributed by atoms with Gasteiger partial charge in [0.1, 0.15) is 41.6 Å². The number of aromatic nitrogens is 1. The van der Waals surface area contributed by atoms with Crippen LogP contribution < -0.4 is 26.4 Å². The third-order valence-electron chi connectivity index (χ3n) is 4.14. The molecule has 10 heteroatoms. The van der Waals surface area contributed by atoms with Gasteiger partial charge >= 0.3 is 5.97 Å². The number of aliphatic carboxylic acids is 1. The molecule has 0 aliphatic rings. The lowest BCUT2D eigenvalue weighted by Gasteiger charge is -2.15. The number of pyridine rings is 1. The Kier molecular flexibility index (Phi) is 5.54. The highest BCUT2D eigenvalue weighted by Gasteiger charge is 2.19. The number of amides is 1. The van der Waals surface area contributed by atoms with Crippen LogP contribution in [0.15, 0.2) is 30.3 Å². The van der Waals surface area contributed by atoms with Crippen LogP contribution in [0.3, 0.4) is 0 Å². The van der Waals surface area contributed by atoms with Crippen molar-refractivity contribution >= 4 is 62.6 Å². The summed E-state index contributed by atoms with van der Waals surface area (Å²) < 4.78 is 5.78. The molecule has 1 amide bonds. The maximum absolute atomic E-state index is 12.1. The molecule has 138 valence electrons. The number of benzene rings is 2. The highest BCUT2D eigenvalue weighted by molar-refractivity contribution is 6.45. The van der Waals surface area contributed by atoms with Gasteiger partial charge < -0.3 is 20.3 Å². The molecule has 3 N–H and O–H groups in total. The number of ether oxygens (including phenoxy) is 1. The number of hydrogen-bond donors (Lipinski definition) is 3. The van der Waals surface area contributed by atoms with E-state index in [2.05, 4.69) is 10.3 Å². The maximum Gasteiger partial charge on any atom is 0.322 e. The molecule has 3 rings (SSSR count). The van der Waals surface area contributed by atoms with Crippen molar-refractivity contribution in [2.45, 2.75) is 6.92 Å². The standard InChI is InChI=1S/C19H13B3N2O5/c1-8-12-6-10(29-18-13(21)4-9(20)5-14(18)22)2-3-11(12)17(27)16(24-8)19(28)23-7-15(25)26/h2-6,27H,7H2,1H3,(H,23,28)(H,25,26). The summed E-state index contributed by atoms with van der Waals surface area (Å²) in [5.74, 6) is -1.74. The number of carbonyl (C=O) groups is 2. The summed E-state index contributed by atoms with van der Waals surface area (Å²) in [5.41, 5.74) is 1.11. The van der Waals surface area contributed by atoms with E-state index >= 15 is 0 Å². The zero-order valence-corrected chi connectivity index (χ0v) is 15.4. The SMILES string of the molecule is [B]c1cc([B])c(Oc2ccc3c(O)c(C(=O)NCC(=O)O)nc(C)c3c2)c([B])c1. The van der Waals surface area contributed by atoms with Gasteiger partial charge in [-0.2, -0.15) is 0 Å². The molecule has 0 fully saturated rings. The molecular weight excluding hydrogens is 369 g/mol. The number of carboxylic acid groups (broad SMARTS) is 1. The first-order valence-corrected chi connectivity index (χ1v) is 8.43. The molecule has 3 aromatic rings. The van der Waals surface area contributed by atoms with Gasteiger partial charge in [0.2, 0.25) is 0 Å². The van der Waals surface area contributed by atoms with Gasteiger partial charge in [-0.25, -0.2) is 4.98 Å². The van der Waals surface area contributed by atoms with Crippen molar-refractivity contribution < 1.29 is 24.5 Å². The van der Waals surface area contributed by atoms with Gasteiger partial charge in [-0.15, -0.1) is 0 Å². The van der Waals surface area contributed by atoms with Crippen molar-refractivity contribution in [2.75, 3.05) is 6.54 Å². The Morgan fingerprint density at radius 2 is 1.76 bits per heavy atom. The molecule has 0 aliphatic heterocycles. The molecule has 0 spiro atoms. The van der Waals surface area contributed by atoms with Gasteiger partial charge in [-0.05, 0) is 25.1 Å². The van der Waals surface area contributed by atoms with E-state index in [1.807, 2.05) is 0 Å². The predicted octanol–water partition coefficient (Wildman–Crippen LogP) is -0.763. The fourth-order valence-electron chi connectivity index (χ4n) is 2.83. The van der Waals surface area contributed by atoms with Gasteiger partial charge in [0.05, 0.1) is 0 Å². The monoisotopic (exact) mass is 382 g/mol. The summed E-state index contributed by atoms with van der Waals surface area (Å²) in [6, 6.07) is 7.77. The number of fused-ring (bicyclic) bond motifs is 1. The van der Waals surface area contributed by atoms with Crippen LogP contribution in [0.1, 0.15) is 16.2 Å². The Morgan fingerprint density at radius 3 is 2.38 bits per heavy atom. The molecule has 0 saturated carbocycles. The first-order chi connectivity index (χ1) is 13.7. The third-order valence-corrected chi connectivity index (χ3v) is 4.14. The van der Waals surface area contributed by atoms with Crippen molar-refractivity contribution in [1.29, 1.82) is 0 Å². The fraction of sp³-hybridized carbons (Fsp3) is 0.105. The molecular formula is C19H13B3N2O5. The smallest absolute Gasteiger partial charge is 0.322 e.